The predicted molar refractivity (Wildman–Crippen MR) is 112 cm³/mol. The van der Waals surface area contributed by atoms with Crippen molar-refractivity contribution in [1.29, 1.82) is 0 Å². The highest BCUT2D eigenvalue weighted by Gasteiger charge is 2.24. The highest BCUT2D eigenvalue weighted by atomic mass is 16.5. The smallest absolute Gasteiger partial charge is 0.270 e. The molecule has 0 N–H and O–H groups in total. The van der Waals surface area contributed by atoms with Gasteiger partial charge in [0.05, 0.1) is 7.11 Å². The van der Waals surface area contributed by atoms with Crippen LogP contribution in [-0.4, -0.2) is 53.6 Å². The number of aryl methyl sites for hydroxylation is 2. The van der Waals surface area contributed by atoms with E-state index in [1.54, 1.807) is 7.11 Å². The maximum absolute atomic E-state index is 13.1. The molecule has 1 amide bonds. The number of piperazine rings is 1. The molecule has 1 aliphatic heterocycles. The second kappa shape index (κ2) is 7.68. The number of carbonyl (C=O) groups is 1. The first-order valence-electron chi connectivity index (χ1n) is 9.76. The summed E-state index contributed by atoms with van der Waals surface area (Å²) >= 11 is 0. The minimum atomic E-state index is 0.127. The van der Waals surface area contributed by atoms with E-state index in [0.717, 1.165) is 55.1 Å². The van der Waals surface area contributed by atoms with Gasteiger partial charge in [0.2, 0.25) is 0 Å². The zero-order valence-corrected chi connectivity index (χ0v) is 16.8. The van der Waals surface area contributed by atoms with Gasteiger partial charge in [-0.3, -0.25) is 9.69 Å². The van der Waals surface area contributed by atoms with Crippen LogP contribution >= 0.6 is 0 Å². The molecule has 0 spiro atoms. The number of fused-ring (bicyclic) bond motifs is 1. The van der Waals surface area contributed by atoms with Crippen molar-refractivity contribution >= 4 is 16.8 Å². The molecule has 0 atom stereocenters. The lowest BCUT2D eigenvalue weighted by Crippen LogP contribution is -2.48. The van der Waals surface area contributed by atoms with Crippen LogP contribution in [0.15, 0.2) is 48.5 Å². The van der Waals surface area contributed by atoms with Crippen LogP contribution in [0.2, 0.25) is 0 Å². The molecule has 0 saturated carbocycles. The van der Waals surface area contributed by atoms with Crippen LogP contribution in [0, 0.1) is 6.92 Å². The van der Waals surface area contributed by atoms with Crippen molar-refractivity contribution in [3.05, 3.63) is 65.4 Å². The fourth-order valence-electron chi connectivity index (χ4n) is 3.97. The van der Waals surface area contributed by atoms with Gasteiger partial charge in [0.15, 0.2) is 0 Å². The van der Waals surface area contributed by atoms with E-state index in [2.05, 4.69) is 36.1 Å². The van der Waals surface area contributed by atoms with E-state index in [4.69, 9.17) is 4.74 Å². The molecular weight excluding hydrogens is 350 g/mol. The standard InChI is InChI=1S/C23H27N3O2/c1-17-5-4-6-21-20(17)15-22(24(21)2)23(27)26-13-11-25(12-14-26)16-18-7-9-19(28-3)10-8-18/h4-10,15H,11-14,16H2,1-3H3. The number of hydrogen-bond donors (Lipinski definition) is 0. The van der Waals surface area contributed by atoms with Gasteiger partial charge in [-0.05, 0) is 42.3 Å². The minimum absolute atomic E-state index is 0.127. The Hall–Kier alpha value is -2.79. The maximum atomic E-state index is 13.1. The summed E-state index contributed by atoms with van der Waals surface area (Å²) in [5.74, 6) is 1.01. The molecule has 1 aliphatic rings. The summed E-state index contributed by atoms with van der Waals surface area (Å²) in [6.45, 7) is 6.29. The summed E-state index contributed by atoms with van der Waals surface area (Å²) in [5, 5.41) is 1.16. The van der Waals surface area contributed by atoms with Crippen LogP contribution in [0.4, 0.5) is 0 Å². The van der Waals surface area contributed by atoms with Gasteiger partial charge in [-0.2, -0.15) is 0 Å². The Kier molecular flexibility index (Phi) is 5.09. The number of nitrogens with zero attached hydrogens (tertiary/aromatic N) is 3. The normalized spacial score (nSPS) is 15.2. The van der Waals surface area contributed by atoms with Crippen molar-refractivity contribution in [3.63, 3.8) is 0 Å². The van der Waals surface area contributed by atoms with Gasteiger partial charge < -0.3 is 14.2 Å². The first kappa shape index (κ1) is 18.6. The Balaban J connectivity index is 1.41. The van der Waals surface area contributed by atoms with Crippen LogP contribution in [0.3, 0.4) is 0 Å². The Labute approximate surface area is 166 Å². The number of carbonyl (C=O) groups excluding carboxylic acids is 1. The van der Waals surface area contributed by atoms with Gasteiger partial charge in [-0.15, -0.1) is 0 Å². The van der Waals surface area contributed by atoms with E-state index in [-0.39, 0.29) is 5.91 Å². The molecule has 0 radical (unpaired) electrons. The van der Waals surface area contributed by atoms with Gasteiger partial charge in [-0.1, -0.05) is 24.3 Å². The highest BCUT2D eigenvalue weighted by molar-refractivity contribution is 5.99. The average molecular weight is 377 g/mol. The van der Waals surface area contributed by atoms with Gasteiger partial charge in [-0.25, -0.2) is 0 Å². The number of benzene rings is 2. The quantitative estimate of drug-likeness (QED) is 0.699. The van der Waals surface area contributed by atoms with Crippen molar-refractivity contribution in [2.75, 3.05) is 33.3 Å². The fraction of sp³-hybridized carbons (Fsp3) is 0.348. The molecule has 2 aromatic carbocycles. The fourth-order valence-corrected chi connectivity index (χ4v) is 3.97. The second-order valence-electron chi connectivity index (χ2n) is 7.51. The predicted octanol–water partition coefficient (Wildman–Crippen LogP) is 3.45. The third-order valence-corrected chi connectivity index (χ3v) is 5.75. The molecule has 5 nitrogen and oxygen atoms in total. The van der Waals surface area contributed by atoms with E-state index in [1.165, 1.54) is 11.1 Å². The van der Waals surface area contributed by atoms with Crippen molar-refractivity contribution in [2.24, 2.45) is 7.05 Å². The zero-order chi connectivity index (χ0) is 19.7. The van der Waals surface area contributed by atoms with Crippen LogP contribution in [0.1, 0.15) is 21.6 Å². The van der Waals surface area contributed by atoms with E-state index >= 15 is 0 Å². The van der Waals surface area contributed by atoms with E-state index in [1.807, 2.05) is 40.8 Å². The van der Waals surface area contributed by atoms with Crippen molar-refractivity contribution in [1.82, 2.24) is 14.4 Å². The van der Waals surface area contributed by atoms with Crippen LogP contribution in [0.25, 0.3) is 10.9 Å². The Morgan fingerprint density at radius 3 is 2.39 bits per heavy atom. The summed E-state index contributed by atoms with van der Waals surface area (Å²) in [6, 6.07) is 16.5. The number of aromatic nitrogens is 1. The monoisotopic (exact) mass is 377 g/mol. The van der Waals surface area contributed by atoms with Crippen molar-refractivity contribution in [2.45, 2.75) is 13.5 Å². The Morgan fingerprint density at radius 1 is 1.04 bits per heavy atom. The van der Waals surface area contributed by atoms with Gasteiger partial charge in [0, 0.05) is 50.7 Å². The first-order chi connectivity index (χ1) is 13.6. The number of rotatable bonds is 4. The maximum Gasteiger partial charge on any atom is 0.270 e. The second-order valence-corrected chi connectivity index (χ2v) is 7.51. The number of amides is 1. The molecule has 1 fully saturated rings. The lowest BCUT2D eigenvalue weighted by atomic mass is 10.1. The SMILES string of the molecule is COc1ccc(CN2CCN(C(=O)c3cc4c(C)cccc4n3C)CC2)cc1. The molecule has 3 aromatic rings. The Bertz CT molecular complexity index is 983. The molecule has 146 valence electrons. The molecule has 0 bridgehead atoms. The summed E-state index contributed by atoms with van der Waals surface area (Å²) in [6.07, 6.45) is 0. The van der Waals surface area contributed by atoms with Gasteiger partial charge in [0.25, 0.3) is 5.91 Å². The molecule has 28 heavy (non-hydrogen) atoms. The summed E-state index contributed by atoms with van der Waals surface area (Å²) in [5.41, 5.74) is 4.36. The third kappa shape index (κ3) is 3.50. The summed E-state index contributed by atoms with van der Waals surface area (Å²) in [4.78, 5) is 17.5. The summed E-state index contributed by atoms with van der Waals surface area (Å²) < 4.78 is 7.24. The lowest BCUT2D eigenvalue weighted by Gasteiger charge is -2.34. The molecule has 4 rings (SSSR count). The molecule has 1 aromatic heterocycles. The van der Waals surface area contributed by atoms with E-state index < -0.39 is 0 Å². The minimum Gasteiger partial charge on any atom is -0.497 e. The van der Waals surface area contributed by atoms with Crippen LogP contribution in [0.5, 0.6) is 5.75 Å². The Morgan fingerprint density at radius 2 is 1.75 bits per heavy atom. The van der Waals surface area contributed by atoms with Gasteiger partial charge in [0.1, 0.15) is 11.4 Å². The van der Waals surface area contributed by atoms with E-state index in [9.17, 15) is 4.79 Å². The number of hydrogen-bond acceptors (Lipinski definition) is 3. The third-order valence-electron chi connectivity index (χ3n) is 5.75. The summed E-state index contributed by atoms with van der Waals surface area (Å²) in [7, 11) is 3.66. The van der Waals surface area contributed by atoms with Crippen molar-refractivity contribution < 1.29 is 9.53 Å². The van der Waals surface area contributed by atoms with Crippen molar-refractivity contribution in [3.8, 4) is 5.75 Å². The molecule has 1 saturated heterocycles. The molecular formula is C23H27N3O2. The van der Waals surface area contributed by atoms with Gasteiger partial charge >= 0.3 is 0 Å². The largest absolute Gasteiger partial charge is 0.497 e. The van der Waals surface area contributed by atoms with Crippen LogP contribution in [-0.2, 0) is 13.6 Å². The molecule has 0 aliphatic carbocycles. The molecule has 0 unspecified atom stereocenters. The lowest BCUT2D eigenvalue weighted by molar-refractivity contribution is 0.0619. The average Bonchev–Trinajstić information content (AvgIpc) is 3.07. The van der Waals surface area contributed by atoms with Crippen LogP contribution < -0.4 is 4.74 Å². The highest BCUT2D eigenvalue weighted by Crippen LogP contribution is 2.23. The molecule has 2 heterocycles. The van der Waals surface area contributed by atoms with E-state index in [0.29, 0.717) is 0 Å². The molecule has 5 heteroatoms. The first-order valence-corrected chi connectivity index (χ1v) is 9.76. The number of methoxy groups -OCH3 is 1. The topological polar surface area (TPSA) is 37.7 Å². The zero-order valence-electron chi connectivity index (χ0n) is 16.8. The number of ether oxygens (including phenoxy) is 1.